The Balaban J connectivity index is 2.03. The first-order valence-electron chi connectivity index (χ1n) is 5.55. The van der Waals surface area contributed by atoms with Crippen molar-refractivity contribution >= 4 is 11.6 Å². The summed E-state index contributed by atoms with van der Waals surface area (Å²) in [6, 6.07) is 15.4. The van der Waals surface area contributed by atoms with E-state index >= 15 is 0 Å². The maximum absolute atomic E-state index is 9.37. The highest BCUT2D eigenvalue weighted by atomic mass is 16.5. The third kappa shape index (κ3) is 1.89. The third-order valence-electron chi connectivity index (χ3n) is 2.85. The Morgan fingerprint density at radius 3 is 2.65 bits per heavy atom. The number of ether oxygens (including phenoxy) is 1. The van der Waals surface area contributed by atoms with E-state index in [1.165, 1.54) is 5.56 Å². The Hall–Kier alpha value is -2.22. The lowest BCUT2D eigenvalue weighted by Gasteiger charge is -2.18. The predicted octanol–water partition coefficient (Wildman–Crippen LogP) is 3.33. The van der Waals surface area contributed by atoms with Gasteiger partial charge >= 0.3 is 0 Å². The Kier molecular flexibility index (Phi) is 2.33. The van der Waals surface area contributed by atoms with Gasteiger partial charge in [-0.15, -0.1) is 0 Å². The first kappa shape index (κ1) is 9.97. The summed E-state index contributed by atoms with van der Waals surface area (Å²) in [5, 5.41) is 9.37. The molecule has 1 aliphatic rings. The fourth-order valence-corrected chi connectivity index (χ4v) is 1.97. The monoisotopic (exact) mass is 224 g/mol. The van der Waals surface area contributed by atoms with Gasteiger partial charge in [-0.3, -0.25) is 0 Å². The zero-order valence-electron chi connectivity index (χ0n) is 9.26. The number of aromatic hydroxyl groups is 1. The zero-order chi connectivity index (χ0) is 11.7. The fourth-order valence-electron chi connectivity index (χ4n) is 1.97. The molecule has 0 aliphatic carbocycles. The van der Waals surface area contributed by atoms with Crippen LogP contribution < -0.4 is 4.74 Å². The van der Waals surface area contributed by atoms with Crippen molar-refractivity contribution in [1.29, 1.82) is 0 Å². The van der Waals surface area contributed by atoms with Crippen LogP contribution in [0.15, 0.2) is 48.5 Å². The van der Waals surface area contributed by atoms with Gasteiger partial charge in [-0.05, 0) is 29.3 Å². The van der Waals surface area contributed by atoms with Gasteiger partial charge in [0.15, 0.2) is 0 Å². The fraction of sp³-hybridized carbons (Fsp3) is 0.0667. The summed E-state index contributed by atoms with van der Waals surface area (Å²) in [5.74, 6) is 0.977. The minimum absolute atomic E-state index is 0.236. The molecule has 1 N–H and O–H groups in total. The van der Waals surface area contributed by atoms with Gasteiger partial charge in [0.05, 0.1) is 0 Å². The molecule has 0 atom stereocenters. The van der Waals surface area contributed by atoms with E-state index < -0.39 is 0 Å². The summed E-state index contributed by atoms with van der Waals surface area (Å²) < 4.78 is 5.64. The van der Waals surface area contributed by atoms with Gasteiger partial charge in [-0.25, -0.2) is 0 Å². The summed E-state index contributed by atoms with van der Waals surface area (Å²) in [7, 11) is 0. The molecule has 0 aromatic heterocycles. The first-order valence-corrected chi connectivity index (χ1v) is 5.55. The Morgan fingerprint density at radius 1 is 1.00 bits per heavy atom. The smallest absolute Gasteiger partial charge is 0.130 e. The molecule has 0 unspecified atom stereocenters. The second kappa shape index (κ2) is 3.98. The SMILES string of the molecule is Oc1ccc2c(c1)OCC(c1ccccc1)=C2. The second-order valence-electron chi connectivity index (χ2n) is 4.05. The van der Waals surface area contributed by atoms with Crippen LogP contribution in [0, 0.1) is 0 Å². The van der Waals surface area contributed by atoms with Crippen LogP contribution in [0.1, 0.15) is 11.1 Å². The zero-order valence-corrected chi connectivity index (χ0v) is 9.26. The van der Waals surface area contributed by atoms with Crippen molar-refractivity contribution in [1.82, 2.24) is 0 Å². The normalized spacial score (nSPS) is 13.5. The lowest BCUT2D eigenvalue weighted by Crippen LogP contribution is -2.06. The van der Waals surface area contributed by atoms with Crippen LogP contribution >= 0.6 is 0 Å². The molecule has 0 spiro atoms. The molecule has 2 heteroatoms. The van der Waals surface area contributed by atoms with E-state index in [0.29, 0.717) is 6.61 Å². The van der Waals surface area contributed by atoms with E-state index in [1.807, 2.05) is 24.3 Å². The van der Waals surface area contributed by atoms with Gasteiger partial charge in [0.2, 0.25) is 0 Å². The van der Waals surface area contributed by atoms with Gasteiger partial charge in [0, 0.05) is 11.6 Å². The molecule has 2 aromatic rings. The Labute approximate surface area is 99.8 Å². The maximum atomic E-state index is 9.37. The average Bonchev–Trinajstić information content (AvgIpc) is 2.39. The van der Waals surface area contributed by atoms with E-state index in [2.05, 4.69) is 18.2 Å². The highest BCUT2D eigenvalue weighted by molar-refractivity contribution is 5.85. The number of rotatable bonds is 1. The van der Waals surface area contributed by atoms with Crippen molar-refractivity contribution in [3.8, 4) is 11.5 Å². The number of hydrogen-bond donors (Lipinski definition) is 1. The van der Waals surface area contributed by atoms with Crippen molar-refractivity contribution < 1.29 is 9.84 Å². The van der Waals surface area contributed by atoms with Crippen molar-refractivity contribution in [3.05, 3.63) is 59.7 Å². The predicted molar refractivity (Wildman–Crippen MR) is 67.9 cm³/mol. The summed E-state index contributed by atoms with van der Waals surface area (Å²) >= 11 is 0. The molecule has 17 heavy (non-hydrogen) atoms. The molecular weight excluding hydrogens is 212 g/mol. The molecular formula is C15H12O2. The Bertz CT molecular complexity index is 571. The number of phenols is 1. The number of hydrogen-bond acceptors (Lipinski definition) is 2. The van der Waals surface area contributed by atoms with Gasteiger partial charge in [0.1, 0.15) is 18.1 Å². The van der Waals surface area contributed by atoms with Gasteiger partial charge in [-0.1, -0.05) is 30.3 Å². The van der Waals surface area contributed by atoms with Crippen molar-refractivity contribution in [2.45, 2.75) is 0 Å². The maximum Gasteiger partial charge on any atom is 0.130 e. The molecule has 84 valence electrons. The number of phenolic OH excluding ortho intramolecular Hbond substituents is 1. The standard InChI is InChI=1S/C15H12O2/c16-14-7-6-12-8-13(10-17-15(12)9-14)11-4-2-1-3-5-11/h1-9,16H,10H2. The van der Waals surface area contributed by atoms with Crippen molar-refractivity contribution in [2.75, 3.05) is 6.61 Å². The van der Waals surface area contributed by atoms with Crippen LogP contribution in [0.4, 0.5) is 0 Å². The van der Waals surface area contributed by atoms with E-state index in [-0.39, 0.29) is 5.75 Å². The molecule has 0 amide bonds. The number of fused-ring (bicyclic) bond motifs is 1. The van der Waals surface area contributed by atoms with Crippen LogP contribution in [-0.2, 0) is 0 Å². The lowest BCUT2D eigenvalue weighted by molar-refractivity contribution is 0.362. The summed E-state index contributed by atoms with van der Waals surface area (Å²) in [5.41, 5.74) is 3.34. The average molecular weight is 224 g/mol. The van der Waals surface area contributed by atoms with E-state index in [4.69, 9.17) is 4.74 Å². The summed E-state index contributed by atoms with van der Waals surface area (Å²) in [4.78, 5) is 0. The van der Waals surface area contributed by atoms with Crippen LogP contribution in [-0.4, -0.2) is 11.7 Å². The van der Waals surface area contributed by atoms with E-state index in [9.17, 15) is 5.11 Å². The third-order valence-corrected chi connectivity index (χ3v) is 2.85. The van der Waals surface area contributed by atoms with Gasteiger partial charge in [0.25, 0.3) is 0 Å². The van der Waals surface area contributed by atoms with Crippen LogP contribution in [0.2, 0.25) is 0 Å². The lowest BCUT2D eigenvalue weighted by atomic mass is 10.0. The molecule has 0 bridgehead atoms. The molecule has 0 saturated carbocycles. The minimum atomic E-state index is 0.236. The second-order valence-corrected chi connectivity index (χ2v) is 4.05. The van der Waals surface area contributed by atoms with Crippen molar-refractivity contribution in [2.24, 2.45) is 0 Å². The van der Waals surface area contributed by atoms with E-state index in [1.54, 1.807) is 12.1 Å². The summed E-state index contributed by atoms with van der Waals surface area (Å²) in [6.45, 7) is 0.542. The molecule has 2 aromatic carbocycles. The highest BCUT2D eigenvalue weighted by Crippen LogP contribution is 2.32. The highest BCUT2D eigenvalue weighted by Gasteiger charge is 2.12. The van der Waals surface area contributed by atoms with Crippen LogP contribution in [0.5, 0.6) is 11.5 Å². The minimum Gasteiger partial charge on any atom is -0.508 e. The number of benzene rings is 2. The molecule has 0 radical (unpaired) electrons. The molecule has 0 fully saturated rings. The van der Waals surface area contributed by atoms with Crippen molar-refractivity contribution in [3.63, 3.8) is 0 Å². The summed E-state index contributed by atoms with van der Waals surface area (Å²) in [6.07, 6.45) is 2.10. The molecule has 2 nitrogen and oxygen atoms in total. The van der Waals surface area contributed by atoms with Gasteiger partial charge < -0.3 is 9.84 Å². The van der Waals surface area contributed by atoms with Crippen LogP contribution in [0.25, 0.3) is 11.6 Å². The topological polar surface area (TPSA) is 29.5 Å². The van der Waals surface area contributed by atoms with Crippen LogP contribution in [0.3, 0.4) is 0 Å². The van der Waals surface area contributed by atoms with Gasteiger partial charge in [-0.2, -0.15) is 0 Å². The molecule has 1 heterocycles. The first-order chi connectivity index (χ1) is 8.33. The quantitative estimate of drug-likeness (QED) is 0.805. The molecule has 3 rings (SSSR count). The Morgan fingerprint density at radius 2 is 1.82 bits per heavy atom. The largest absolute Gasteiger partial charge is 0.508 e. The molecule has 1 aliphatic heterocycles. The molecule has 0 saturated heterocycles. The van der Waals surface area contributed by atoms with E-state index in [0.717, 1.165) is 16.9 Å².